The van der Waals surface area contributed by atoms with Gasteiger partial charge in [0.25, 0.3) is 0 Å². The molecule has 0 N–H and O–H groups in total. The summed E-state index contributed by atoms with van der Waals surface area (Å²) in [5, 5.41) is 2.65. The van der Waals surface area contributed by atoms with Gasteiger partial charge in [0.2, 0.25) is 0 Å². The standard InChI is InChI=1S/C39H28OS/c1-39(2)33-19-8-9-20-35(33)40-36-24-25(22-23-34(36)39)26-12-3-4-13-27(26)28-14-5-6-15-29(28)31-17-11-18-32-30-16-7-10-21-37(30)41-38(31)32/h3-24H,1-2H3. The van der Waals surface area contributed by atoms with Crippen molar-refractivity contribution in [1.82, 2.24) is 0 Å². The van der Waals surface area contributed by atoms with Gasteiger partial charge in [-0.15, -0.1) is 11.3 Å². The highest BCUT2D eigenvalue weighted by atomic mass is 32.1. The molecule has 2 heterocycles. The van der Waals surface area contributed by atoms with Crippen molar-refractivity contribution in [3.05, 3.63) is 145 Å². The number of thiophene rings is 1. The molecule has 1 aliphatic rings. The summed E-state index contributed by atoms with van der Waals surface area (Å²) in [6.07, 6.45) is 0. The quantitative estimate of drug-likeness (QED) is 0.215. The Kier molecular flexibility index (Phi) is 5.42. The highest BCUT2D eigenvalue weighted by molar-refractivity contribution is 7.26. The number of benzene rings is 6. The van der Waals surface area contributed by atoms with Crippen LogP contribution in [0.4, 0.5) is 0 Å². The van der Waals surface area contributed by atoms with Gasteiger partial charge in [-0.3, -0.25) is 0 Å². The van der Waals surface area contributed by atoms with Crippen LogP contribution in [0.1, 0.15) is 25.0 Å². The molecule has 8 rings (SSSR count). The SMILES string of the molecule is CC1(C)c2ccccc2Oc2cc(-c3ccccc3-c3ccccc3-c3cccc4c3sc3ccccc34)ccc21. The van der Waals surface area contributed by atoms with Crippen LogP contribution in [-0.4, -0.2) is 0 Å². The predicted octanol–water partition coefficient (Wildman–Crippen LogP) is 11.5. The van der Waals surface area contributed by atoms with Crippen LogP contribution in [0.2, 0.25) is 0 Å². The molecular formula is C39H28OS. The van der Waals surface area contributed by atoms with E-state index >= 15 is 0 Å². The van der Waals surface area contributed by atoms with E-state index in [1.807, 2.05) is 17.4 Å². The Labute approximate surface area is 244 Å². The van der Waals surface area contributed by atoms with Crippen LogP contribution in [0.3, 0.4) is 0 Å². The number of ether oxygens (including phenoxy) is 1. The molecule has 0 fully saturated rings. The van der Waals surface area contributed by atoms with E-state index in [4.69, 9.17) is 4.74 Å². The maximum absolute atomic E-state index is 6.49. The molecule has 1 nitrogen and oxygen atoms in total. The van der Waals surface area contributed by atoms with Crippen LogP contribution in [0.25, 0.3) is 53.6 Å². The summed E-state index contributed by atoms with van der Waals surface area (Å²) < 4.78 is 9.15. The monoisotopic (exact) mass is 544 g/mol. The van der Waals surface area contributed by atoms with Gasteiger partial charge in [-0.25, -0.2) is 0 Å². The van der Waals surface area contributed by atoms with Crippen LogP contribution in [0.15, 0.2) is 133 Å². The topological polar surface area (TPSA) is 9.23 Å². The Balaban J connectivity index is 1.29. The van der Waals surface area contributed by atoms with E-state index in [0.29, 0.717) is 0 Å². The van der Waals surface area contributed by atoms with Crippen molar-refractivity contribution in [2.75, 3.05) is 0 Å². The minimum Gasteiger partial charge on any atom is -0.457 e. The van der Waals surface area contributed by atoms with E-state index in [9.17, 15) is 0 Å². The fourth-order valence-corrected chi connectivity index (χ4v) is 7.74. The Bertz CT molecular complexity index is 2110. The third-order valence-electron chi connectivity index (χ3n) is 8.59. The maximum atomic E-state index is 6.49. The van der Waals surface area contributed by atoms with E-state index in [-0.39, 0.29) is 5.41 Å². The van der Waals surface area contributed by atoms with Gasteiger partial charge in [0, 0.05) is 42.3 Å². The number of para-hydroxylation sites is 1. The zero-order valence-corrected chi connectivity index (χ0v) is 23.8. The van der Waals surface area contributed by atoms with E-state index in [1.54, 1.807) is 0 Å². The molecule has 1 aliphatic heterocycles. The molecule has 0 unspecified atom stereocenters. The minimum absolute atomic E-state index is 0.127. The van der Waals surface area contributed by atoms with Crippen molar-refractivity contribution in [3.63, 3.8) is 0 Å². The van der Waals surface area contributed by atoms with Gasteiger partial charge in [0.05, 0.1) is 0 Å². The van der Waals surface area contributed by atoms with Gasteiger partial charge in [-0.1, -0.05) is 129 Å². The highest BCUT2D eigenvalue weighted by Crippen LogP contribution is 2.50. The minimum atomic E-state index is -0.127. The second kappa shape index (κ2) is 9.19. The van der Waals surface area contributed by atoms with Crippen molar-refractivity contribution in [2.24, 2.45) is 0 Å². The summed E-state index contributed by atoms with van der Waals surface area (Å²) in [7, 11) is 0. The van der Waals surface area contributed by atoms with Crippen molar-refractivity contribution in [1.29, 1.82) is 0 Å². The average Bonchev–Trinajstić information content (AvgIpc) is 3.40. The van der Waals surface area contributed by atoms with E-state index in [1.165, 1.54) is 59.1 Å². The smallest absolute Gasteiger partial charge is 0.132 e. The lowest BCUT2D eigenvalue weighted by atomic mass is 9.75. The summed E-state index contributed by atoms with van der Waals surface area (Å²) in [4.78, 5) is 0. The fraction of sp³-hybridized carbons (Fsp3) is 0.0769. The van der Waals surface area contributed by atoms with Crippen molar-refractivity contribution >= 4 is 31.5 Å². The first kappa shape index (κ1) is 24.2. The lowest BCUT2D eigenvalue weighted by Gasteiger charge is -2.34. The molecule has 1 aromatic heterocycles. The summed E-state index contributed by atoms with van der Waals surface area (Å²) in [5.41, 5.74) is 9.66. The van der Waals surface area contributed by atoms with Crippen LogP contribution in [0.5, 0.6) is 11.5 Å². The molecule has 0 aliphatic carbocycles. The van der Waals surface area contributed by atoms with Gasteiger partial charge >= 0.3 is 0 Å². The molecule has 0 amide bonds. The molecule has 7 aromatic rings. The summed E-state index contributed by atoms with van der Waals surface area (Å²) >= 11 is 1.88. The number of rotatable bonds is 3. The molecule has 0 atom stereocenters. The largest absolute Gasteiger partial charge is 0.457 e. The van der Waals surface area contributed by atoms with E-state index in [0.717, 1.165) is 17.1 Å². The van der Waals surface area contributed by atoms with Gasteiger partial charge in [-0.2, -0.15) is 0 Å². The van der Waals surface area contributed by atoms with Gasteiger partial charge in [0.1, 0.15) is 11.5 Å². The van der Waals surface area contributed by atoms with Crippen LogP contribution >= 0.6 is 11.3 Å². The van der Waals surface area contributed by atoms with Gasteiger partial charge < -0.3 is 4.74 Å². The normalized spacial score (nSPS) is 13.5. The number of hydrogen-bond acceptors (Lipinski definition) is 2. The molecule has 6 aromatic carbocycles. The van der Waals surface area contributed by atoms with E-state index in [2.05, 4.69) is 141 Å². The first-order chi connectivity index (χ1) is 20.1. The molecular weight excluding hydrogens is 516 g/mol. The van der Waals surface area contributed by atoms with Gasteiger partial charge in [0.15, 0.2) is 0 Å². The van der Waals surface area contributed by atoms with Crippen LogP contribution < -0.4 is 4.74 Å². The van der Waals surface area contributed by atoms with Crippen molar-refractivity contribution in [3.8, 4) is 44.9 Å². The molecule has 2 heteroatoms. The number of fused-ring (bicyclic) bond motifs is 5. The van der Waals surface area contributed by atoms with Crippen LogP contribution in [0, 0.1) is 0 Å². The summed E-state index contributed by atoms with van der Waals surface area (Å²) in [6.45, 7) is 4.57. The molecule has 0 spiro atoms. The van der Waals surface area contributed by atoms with Gasteiger partial charge in [-0.05, 0) is 46.0 Å². The average molecular weight is 545 g/mol. The fourth-order valence-electron chi connectivity index (χ4n) is 6.51. The molecule has 41 heavy (non-hydrogen) atoms. The second-order valence-corrected chi connectivity index (χ2v) is 12.4. The van der Waals surface area contributed by atoms with Crippen molar-refractivity contribution in [2.45, 2.75) is 19.3 Å². The zero-order chi connectivity index (χ0) is 27.6. The first-order valence-electron chi connectivity index (χ1n) is 14.1. The number of hydrogen-bond donors (Lipinski definition) is 0. The maximum Gasteiger partial charge on any atom is 0.132 e. The Morgan fingerprint density at radius 1 is 0.488 bits per heavy atom. The van der Waals surface area contributed by atoms with Crippen LogP contribution in [-0.2, 0) is 5.41 Å². The Morgan fingerprint density at radius 3 is 1.90 bits per heavy atom. The Morgan fingerprint density at radius 2 is 1.07 bits per heavy atom. The first-order valence-corrected chi connectivity index (χ1v) is 14.9. The van der Waals surface area contributed by atoms with Crippen molar-refractivity contribution < 1.29 is 4.74 Å². The predicted molar refractivity (Wildman–Crippen MR) is 174 cm³/mol. The molecule has 0 saturated carbocycles. The Hall–Kier alpha value is -4.66. The molecule has 196 valence electrons. The lowest BCUT2D eigenvalue weighted by Crippen LogP contribution is -2.24. The third-order valence-corrected chi connectivity index (χ3v) is 9.80. The highest BCUT2D eigenvalue weighted by Gasteiger charge is 2.34. The molecule has 0 bridgehead atoms. The summed E-state index contributed by atoms with van der Waals surface area (Å²) in [5.74, 6) is 1.88. The molecule has 0 radical (unpaired) electrons. The summed E-state index contributed by atoms with van der Waals surface area (Å²) in [6, 6.07) is 48.1. The third kappa shape index (κ3) is 3.75. The second-order valence-electron chi connectivity index (χ2n) is 11.3. The lowest BCUT2D eigenvalue weighted by molar-refractivity contribution is 0.418. The van der Waals surface area contributed by atoms with E-state index < -0.39 is 0 Å². The molecule has 0 saturated heterocycles. The zero-order valence-electron chi connectivity index (χ0n) is 23.0.